The van der Waals surface area contributed by atoms with Gasteiger partial charge in [-0.3, -0.25) is 34.1 Å². The van der Waals surface area contributed by atoms with Crippen LogP contribution in [0.5, 0.6) is 0 Å². The summed E-state index contributed by atoms with van der Waals surface area (Å²) in [6, 6.07) is -8.34. The van der Waals surface area contributed by atoms with E-state index in [1.807, 2.05) is 21.1 Å². The first-order chi connectivity index (χ1) is 24.0. The van der Waals surface area contributed by atoms with E-state index in [4.69, 9.17) is 22.9 Å². The number of nitrogens with two attached hydrogens (primary N) is 4. The van der Waals surface area contributed by atoms with Crippen LogP contribution in [0, 0.1) is 0 Å². The van der Waals surface area contributed by atoms with Crippen LogP contribution in [-0.4, -0.2) is 150 Å². The number of hydrogen-bond acceptors (Lipinski definition) is 13. The lowest BCUT2D eigenvalue weighted by molar-refractivity contribution is -0.870. The second-order valence-corrected chi connectivity index (χ2v) is 13.9. The average Bonchev–Trinajstić information content (AvgIpc) is 3.01. The summed E-state index contributed by atoms with van der Waals surface area (Å²) in [5.41, 5.74) is 21.9. The number of carboxylic acids is 1. The SMILES string of the molecule is C[C@H](N)C(=O)N[C@@H](CCCNC(N)N)C(=O)N[C@H](C(=O)N[C@@H](CCCC[N+](C)(C)C)C(=O)N[C@@H](CCC(N)=O)C(=O)N[C@H](C(=O)O)[C@@H](C)O)[C@@H](C)O. The number of carbonyl (C=O) groups is 7. The van der Waals surface area contributed by atoms with Crippen LogP contribution in [-0.2, 0) is 33.6 Å². The maximum atomic E-state index is 13.7. The second kappa shape index (κ2) is 23.5. The number of aliphatic carboxylic acids is 1. The molecular weight excluding hydrogens is 686 g/mol. The minimum atomic E-state index is -1.74. The van der Waals surface area contributed by atoms with E-state index in [1.165, 1.54) is 13.8 Å². The van der Waals surface area contributed by atoms with Crippen molar-refractivity contribution < 1.29 is 53.4 Å². The molecule has 0 aliphatic rings. The molecule has 17 N–H and O–H groups in total. The zero-order chi connectivity index (χ0) is 40.3. The van der Waals surface area contributed by atoms with E-state index in [1.54, 1.807) is 0 Å². The Hall–Kier alpha value is -3.99. The number of aliphatic hydroxyl groups is 2. The van der Waals surface area contributed by atoms with E-state index < -0.39 is 96.2 Å². The van der Waals surface area contributed by atoms with Crippen LogP contribution in [0.3, 0.4) is 0 Å². The topological polar surface area (TPSA) is 356 Å². The number of carboxylic acid groups (broad SMARTS) is 1. The third-order valence-corrected chi connectivity index (χ3v) is 7.72. The smallest absolute Gasteiger partial charge is 0.328 e. The Morgan fingerprint density at radius 1 is 0.615 bits per heavy atom. The third-order valence-electron chi connectivity index (χ3n) is 7.72. The van der Waals surface area contributed by atoms with Gasteiger partial charge in [-0.05, 0) is 65.8 Å². The van der Waals surface area contributed by atoms with E-state index in [0.717, 1.165) is 6.92 Å². The molecule has 21 nitrogen and oxygen atoms in total. The molecule has 6 amide bonds. The molecule has 52 heavy (non-hydrogen) atoms. The van der Waals surface area contributed by atoms with Gasteiger partial charge in [-0.1, -0.05) is 0 Å². The molecule has 0 aromatic carbocycles. The number of quaternary nitrogens is 1. The molecular formula is C31H62N11O10+. The Balaban J connectivity index is 6.28. The Kier molecular flexibility index (Phi) is 21.7. The molecule has 0 spiro atoms. The highest BCUT2D eigenvalue weighted by Gasteiger charge is 2.35. The fourth-order valence-electron chi connectivity index (χ4n) is 4.74. The molecule has 0 aliphatic heterocycles. The lowest BCUT2D eigenvalue weighted by atomic mass is 10.0. The molecule has 0 fully saturated rings. The van der Waals surface area contributed by atoms with Crippen molar-refractivity contribution in [1.29, 1.82) is 0 Å². The van der Waals surface area contributed by atoms with E-state index >= 15 is 0 Å². The van der Waals surface area contributed by atoms with E-state index in [-0.39, 0.29) is 32.2 Å². The van der Waals surface area contributed by atoms with E-state index in [2.05, 4.69) is 31.9 Å². The summed E-state index contributed by atoms with van der Waals surface area (Å²) < 4.78 is 0.610. The first kappa shape index (κ1) is 48.0. The minimum absolute atomic E-state index is 0.0387. The second-order valence-electron chi connectivity index (χ2n) is 13.9. The van der Waals surface area contributed by atoms with Crippen LogP contribution in [0.4, 0.5) is 0 Å². The average molecular weight is 749 g/mol. The fourth-order valence-corrected chi connectivity index (χ4v) is 4.74. The van der Waals surface area contributed by atoms with Crippen molar-refractivity contribution in [1.82, 2.24) is 31.9 Å². The standard InChI is InChI=1S/C31H61N11O10/c1-16(32)25(46)37-20(11-9-14-36-31(34)35)27(48)40-23(17(2)43)29(50)39-19(10-7-8-15-42(4,5)6)26(47)38-21(12-13-22(33)45)28(49)41-24(18(3)44)30(51)52/h16-21,23-24,31,36,43-44H,7-15,32,34-35H2,1-6H3,(H7-,33,37,38,39,40,41,45,46,47,48,49,50,51,52)/p+1/t16-,17+,18+,19-,20-,21-,23-,24-/m0/s1. The number of amides is 6. The maximum Gasteiger partial charge on any atom is 0.328 e. The molecule has 0 heterocycles. The highest BCUT2D eigenvalue weighted by molar-refractivity contribution is 5.96. The molecule has 0 saturated carbocycles. The van der Waals surface area contributed by atoms with E-state index in [9.17, 15) is 48.9 Å². The van der Waals surface area contributed by atoms with Gasteiger partial charge in [0.1, 0.15) is 30.5 Å². The number of carbonyl (C=O) groups excluding carboxylic acids is 6. The number of aliphatic hydroxyl groups excluding tert-OH is 2. The van der Waals surface area contributed by atoms with Gasteiger partial charge in [0, 0.05) is 6.42 Å². The fraction of sp³-hybridized carbons (Fsp3) is 0.774. The Morgan fingerprint density at radius 3 is 1.50 bits per heavy atom. The van der Waals surface area contributed by atoms with Gasteiger partial charge >= 0.3 is 5.97 Å². The molecule has 21 heteroatoms. The number of rotatable bonds is 26. The largest absolute Gasteiger partial charge is 0.480 e. The Labute approximate surface area is 304 Å². The van der Waals surface area contributed by atoms with Crippen molar-refractivity contribution in [2.24, 2.45) is 22.9 Å². The highest BCUT2D eigenvalue weighted by atomic mass is 16.4. The Bertz CT molecular complexity index is 1190. The number of unbranched alkanes of at least 4 members (excludes halogenated alkanes) is 1. The molecule has 0 bridgehead atoms. The van der Waals surface area contributed by atoms with Gasteiger partial charge in [0.15, 0.2) is 6.04 Å². The zero-order valence-corrected chi connectivity index (χ0v) is 31.0. The molecule has 0 aliphatic carbocycles. The van der Waals surface area contributed by atoms with Gasteiger partial charge in [0.05, 0.1) is 45.9 Å². The number of primary amides is 1. The minimum Gasteiger partial charge on any atom is -0.480 e. The van der Waals surface area contributed by atoms with Crippen molar-refractivity contribution in [2.45, 2.75) is 120 Å². The predicted octanol–water partition coefficient (Wildman–Crippen LogP) is -5.68. The summed E-state index contributed by atoms with van der Waals surface area (Å²) in [7, 11) is 5.90. The quantitative estimate of drug-likeness (QED) is 0.0223. The molecule has 0 unspecified atom stereocenters. The number of nitrogens with one attached hydrogen (secondary N) is 6. The highest BCUT2D eigenvalue weighted by Crippen LogP contribution is 2.09. The van der Waals surface area contributed by atoms with Gasteiger partial charge in [-0.2, -0.15) is 0 Å². The van der Waals surface area contributed by atoms with Crippen LogP contribution in [0.1, 0.15) is 65.7 Å². The lowest BCUT2D eigenvalue weighted by Gasteiger charge is -2.28. The zero-order valence-electron chi connectivity index (χ0n) is 31.0. The molecule has 0 aromatic rings. The summed E-state index contributed by atoms with van der Waals surface area (Å²) in [6.45, 7) is 4.77. The summed E-state index contributed by atoms with van der Waals surface area (Å²) >= 11 is 0. The maximum absolute atomic E-state index is 13.7. The normalized spacial score (nSPS) is 16.2. The van der Waals surface area contributed by atoms with Crippen LogP contribution in [0.15, 0.2) is 0 Å². The first-order valence-electron chi connectivity index (χ1n) is 17.2. The molecule has 0 aromatic heterocycles. The molecule has 0 radical (unpaired) electrons. The van der Waals surface area contributed by atoms with Gasteiger partial charge in [-0.15, -0.1) is 0 Å². The molecule has 300 valence electrons. The number of nitrogens with zero attached hydrogens (tertiary/aromatic N) is 1. The van der Waals surface area contributed by atoms with Crippen LogP contribution in [0.2, 0.25) is 0 Å². The lowest BCUT2D eigenvalue weighted by Crippen LogP contribution is -2.61. The van der Waals surface area contributed by atoms with Crippen molar-refractivity contribution in [3.63, 3.8) is 0 Å². The monoisotopic (exact) mass is 748 g/mol. The predicted molar refractivity (Wildman–Crippen MR) is 189 cm³/mol. The summed E-state index contributed by atoms with van der Waals surface area (Å²) in [6.07, 6.45) is -3.08. The molecule has 8 atom stereocenters. The summed E-state index contributed by atoms with van der Waals surface area (Å²) in [4.78, 5) is 89.2. The van der Waals surface area contributed by atoms with Crippen molar-refractivity contribution in [3.8, 4) is 0 Å². The van der Waals surface area contributed by atoms with Crippen molar-refractivity contribution >= 4 is 41.4 Å². The molecule has 0 rings (SSSR count). The van der Waals surface area contributed by atoms with Gasteiger partial charge in [0.2, 0.25) is 35.4 Å². The van der Waals surface area contributed by atoms with Crippen molar-refractivity contribution in [2.75, 3.05) is 34.2 Å². The van der Waals surface area contributed by atoms with Crippen LogP contribution >= 0.6 is 0 Å². The number of hydrogen-bond donors (Lipinski definition) is 13. The van der Waals surface area contributed by atoms with Crippen LogP contribution in [0.25, 0.3) is 0 Å². The van der Waals surface area contributed by atoms with Crippen LogP contribution < -0.4 is 54.8 Å². The third kappa shape index (κ3) is 20.2. The first-order valence-corrected chi connectivity index (χ1v) is 17.2. The summed E-state index contributed by atoms with van der Waals surface area (Å²) in [5, 5.41) is 44.5. The summed E-state index contributed by atoms with van der Waals surface area (Å²) in [5.74, 6) is -6.73. The Morgan fingerprint density at radius 2 is 1.06 bits per heavy atom. The van der Waals surface area contributed by atoms with Gasteiger partial charge in [0.25, 0.3) is 0 Å². The molecule has 0 saturated heterocycles. The van der Waals surface area contributed by atoms with E-state index in [0.29, 0.717) is 30.3 Å². The van der Waals surface area contributed by atoms with Gasteiger partial charge in [-0.25, -0.2) is 4.79 Å². The van der Waals surface area contributed by atoms with Gasteiger partial charge < -0.3 is 69.3 Å². The van der Waals surface area contributed by atoms with Crippen molar-refractivity contribution in [3.05, 3.63) is 0 Å².